The van der Waals surface area contributed by atoms with Crippen molar-refractivity contribution in [2.24, 2.45) is 10.9 Å². The molecule has 0 atom stereocenters. The van der Waals surface area contributed by atoms with E-state index < -0.39 is 0 Å². The third-order valence-corrected chi connectivity index (χ3v) is 4.02. The van der Waals surface area contributed by atoms with Gasteiger partial charge in [-0.2, -0.15) is 0 Å². The monoisotopic (exact) mass is 360 g/mol. The van der Waals surface area contributed by atoms with E-state index in [9.17, 15) is 0 Å². The molecule has 1 aromatic heterocycles. The zero-order valence-electron chi connectivity index (χ0n) is 9.64. The lowest BCUT2D eigenvalue weighted by Crippen LogP contribution is -2.14. The molecule has 100 valence electrons. The van der Waals surface area contributed by atoms with Crippen LogP contribution in [0.25, 0.3) is 0 Å². The van der Waals surface area contributed by atoms with Gasteiger partial charge in [0, 0.05) is 9.35 Å². The predicted octanol–water partition coefficient (Wildman–Crippen LogP) is 3.84. The molecule has 0 radical (unpaired) electrons. The van der Waals surface area contributed by atoms with Crippen molar-refractivity contribution in [2.75, 3.05) is 0 Å². The minimum Gasteiger partial charge on any atom is -0.487 e. The van der Waals surface area contributed by atoms with Gasteiger partial charge in [0.05, 0.1) is 9.90 Å². The van der Waals surface area contributed by atoms with Crippen molar-refractivity contribution in [1.82, 2.24) is 0 Å². The van der Waals surface area contributed by atoms with Gasteiger partial charge in [0.1, 0.15) is 12.4 Å². The summed E-state index contributed by atoms with van der Waals surface area (Å²) in [5, 5.41) is 11.8. The third kappa shape index (κ3) is 3.62. The molecule has 0 saturated heterocycles. The quantitative estimate of drug-likeness (QED) is 0.376. The molecule has 19 heavy (non-hydrogen) atoms. The fraction of sp³-hybridized carbons (Fsp3) is 0.0833. The Labute approximate surface area is 127 Å². The van der Waals surface area contributed by atoms with E-state index >= 15 is 0 Å². The van der Waals surface area contributed by atoms with Gasteiger partial charge in [-0.25, -0.2) is 0 Å². The van der Waals surface area contributed by atoms with Crippen molar-refractivity contribution in [2.45, 2.75) is 6.61 Å². The number of thiophene rings is 1. The Balaban J connectivity index is 2.20. The van der Waals surface area contributed by atoms with Gasteiger partial charge in [-0.3, -0.25) is 0 Å². The second kappa shape index (κ2) is 6.27. The normalized spacial score (nSPS) is 11.6. The standard InChI is InChI=1S/C12H10BrClN2O2S/c13-7-1-3-10(9(5-7)12(15)16-17)18-6-8-2-4-11(14)19-8/h1-5,17H,6H2,(H2,15,16). The van der Waals surface area contributed by atoms with E-state index in [0.717, 1.165) is 9.35 Å². The van der Waals surface area contributed by atoms with E-state index in [0.29, 0.717) is 22.3 Å². The lowest BCUT2D eigenvalue weighted by molar-refractivity contribution is 0.306. The van der Waals surface area contributed by atoms with Crippen LogP contribution in [0.3, 0.4) is 0 Å². The van der Waals surface area contributed by atoms with E-state index in [2.05, 4.69) is 21.1 Å². The molecule has 0 bridgehead atoms. The van der Waals surface area contributed by atoms with Crippen molar-refractivity contribution in [3.8, 4) is 5.75 Å². The minimum absolute atomic E-state index is 0.000474. The topological polar surface area (TPSA) is 67.8 Å². The highest BCUT2D eigenvalue weighted by Gasteiger charge is 2.10. The molecule has 3 N–H and O–H groups in total. The van der Waals surface area contributed by atoms with Crippen LogP contribution in [0, 0.1) is 0 Å². The van der Waals surface area contributed by atoms with Gasteiger partial charge in [-0.1, -0.05) is 32.7 Å². The van der Waals surface area contributed by atoms with Crippen LogP contribution in [0.4, 0.5) is 0 Å². The molecule has 0 amide bonds. The van der Waals surface area contributed by atoms with Crippen molar-refractivity contribution in [1.29, 1.82) is 0 Å². The summed E-state index contributed by atoms with van der Waals surface area (Å²) < 4.78 is 7.21. The van der Waals surface area contributed by atoms with Crippen LogP contribution < -0.4 is 10.5 Å². The van der Waals surface area contributed by atoms with Crippen molar-refractivity contribution < 1.29 is 9.94 Å². The summed E-state index contributed by atoms with van der Waals surface area (Å²) in [6, 6.07) is 9.02. The van der Waals surface area contributed by atoms with Crippen molar-refractivity contribution in [3.05, 3.63) is 49.6 Å². The second-order valence-corrected chi connectivity index (χ2v) is 6.34. The van der Waals surface area contributed by atoms with E-state index in [1.165, 1.54) is 11.3 Å². The first-order valence-corrected chi connectivity index (χ1v) is 7.23. The number of nitrogens with two attached hydrogens (primary N) is 1. The summed E-state index contributed by atoms with van der Waals surface area (Å²) in [5.74, 6) is 0.545. The Morgan fingerprint density at radius 1 is 1.42 bits per heavy atom. The summed E-state index contributed by atoms with van der Waals surface area (Å²) in [7, 11) is 0. The van der Waals surface area contributed by atoms with Gasteiger partial charge in [0.25, 0.3) is 0 Å². The Hall–Kier alpha value is -1.24. The molecule has 4 nitrogen and oxygen atoms in total. The number of rotatable bonds is 4. The average Bonchev–Trinajstić information content (AvgIpc) is 2.82. The lowest BCUT2D eigenvalue weighted by Gasteiger charge is -2.10. The number of hydrogen-bond acceptors (Lipinski definition) is 4. The van der Waals surface area contributed by atoms with Gasteiger partial charge in [-0.15, -0.1) is 11.3 Å². The van der Waals surface area contributed by atoms with Crippen LogP contribution in [0.1, 0.15) is 10.4 Å². The van der Waals surface area contributed by atoms with Crippen molar-refractivity contribution >= 4 is 44.7 Å². The Morgan fingerprint density at radius 3 is 2.84 bits per heavy atom. The maximum atomic E-state index is 8.77. The number of amidine groups is 1. The van der Waals surface area contributed by atoms with Gasteiger partial charge < -0.3 is 15.7 Å². The Bertz CT molecular complexity index is 616. The lowest BCUT2D eigenvalue weighted by atomic mass is 10.2. The molecule has 7 heteroatoms. The largest absolute Gasteiger partial charge is 0.487 e. The molecule has 0 unspecified atom stereocenters. The summed E-state index contributed by atoms with van der Waals surface area (Å²) in [5.41, 5.74) is 6.15. The van der Waals surface area contributed by atoms with Crippen LogP contribution in [0.15, 0.2) is 40.0 Å². The number of oxime groups is 1. The van der Waals surface area contributed by atoms with Crippen LogP contribution in [-0.4, -0.2) is 11.0 Å². The van der Waals surface area contributed by atoms with Crippen LogP contribution in [0.5, 0.6) is 5.75 Å². The summed E-state index contributed by atoms with van der Waals surface area (Å²) in [6.45, 7) is 0.380. The molecule has 2 aromatic rings. The van der Waals surface area contributed by atoms with Gasteiger partial charge in [0.15, 0.2) is 5.84 Å². The van der Waals surface area contributed by atoms with E-state index in [1.54, 1.807) is 12.1 Å². The molecular weight excluding hydrogens is 352 g/mol. The molecule has 0 fully saturated rings. The van der Waals surface area contributed by atoms with E-state index in [1.807, 2.05) is 18.2 Å². The number of nitrogens with zero attached hydrogens (tertiary/aromatic N) is 1. The number of benzene rings is 1. The molecule has 0 aliphatic heterocycles. The zero-order chi connectivity index (χ0) is 13.8. The highest BCUT2D eigenvalue weighted by atomic mass is 79.9. The number of hydrogen-bond donors (Lipinski definition) is 2. The van der Waals surface area contributed by atoms with Crippen molar-refractivity contribution in [3.63, 3.8) is 0 Å². The first-order valence-electron chi connectivity index (χ1n) is 5.24. The number of halogens is 2. The molecule has 0 spiro atoms. The van der Waals surface area contributed by atoms with E-state index in [-0.39, 0.29) is 5.84 Å². The van der Waals surface area contributed by atoms with Gasteiger partial charge >= 0.3 is 0 Å². The number of ether oxygens (including phenoxy) is 1. The zero-order valence-corrected chi connectivity index (χ0v) is 12.8. The first-order chi connectivity index (χ1) is 9.10. The molecular formula is C12H10BrClN2O2S. The maximum Gasteiger partial charge on any atom is 0.173 e. The Kier molecular flexibility index (Phi) is 4.68. The summed E-state index contributed by atoms with van der Waals surface area (Å²) >= 11 is 10.6. The minimum atomic E-state index is 0.000474. The average molecular weight is 362 g/mol. The van der Waals surface area contributed by atoms with Gasteiger partial charge in [0.2, 0.25) is 0 Å². The highest BCUT2D eigenvalue weighted by Crippen LogP contribution is 2.26. The van der Waals surface area contributed by atoms with Crippen LogP contribution in [0.2, 0.25) is 4.34 Å². The van der Waals surface area contributed by atoms with E-state index in [4.69, 9.17) is 27.3 Å². The molecule has 0 saturated carbocycles. The first kappa shape index (κ1) is 14.2. The second-order valence-electron chi connectivity index (χ2n) is 3.62. The fourth-order valence-electron chi connectivity index (χ4n) is 1.46. The Morgan fingerprint density at radius 2 is 2.21 bits per heavy atom. The molecule has 0 aliphatic rings. The SMILES string of the molecule is N/C(=N/O)c1cc(Br)ccc1OCc1ccc(Cl)s1. The molecule has 1 heterocycles. The fourth-order valence-corrected chi connectivity index (χ4v) is 2.82. The van der Waals surface area contributed by atoms with Crippen LogP contribution >= 0.6 is 38.9 Å². The molecule has 1 aromatic carbocycles. The summed E-state index contributed by atoms with van der Waals surface area (Å²) in [6.07, 6.45) is 0. The van der Waals surface area contributed by atoms with Crippen LogP contribution in [-0.2, 0) is 6.61 Å². The molecule has 2 rings (SSSR count). The molecule has 0 aliphatic carbocycles. The van der Waals surface area contributed by atoms with Gasteiger partial charge in [-0.05, 0) is 30.3 Å². The predicted molar refractivity (Wildman–Crippen MR) is 80.3 cm³/mol. The third-order valence-electron chi connectivity index (χ3n) is 2.32. The smallest absolute Gasteiger partial charge is 0.173 e. The summed E-state index contributed by atoms with van der Waals surface area (Å²) in [4.78, 5) is 0.998. The maximum absolute atomic E-state index is 8.77. The highest BCUT2D eigenvalue weighted by molar-refractivity contribution is 9.10.